The topological polar surface area (TPSA) is 86.9 Å². The van der Waals surface area contributed by atoms with Crippen LogP contribution in [0.3, 0.4) is 0 Å². The maximum atomic E-state index is 11.9. The monoisotopic (exact) mass is 204 g/mol. The Morgan fingerprint density at radius 3 is 2.93 bits per heavy atom. The van der Waals surface area contributed by atoms with Gasteiger partial charge in [-0.3, -0.25) is 9.36 Å². The van der Waals surface area contributed by atoms with Gasteiger partial charge in [0.25, 0.3) is 5.56 Å². The standard InChI is InChI=1S/C10H12N4O/c11-3-4-14-6-13-9-2-1-7(12)5-8(9)10(14)15/h1-2,5-6H,3-4,11-12H2. The highest BCUT2D eigenvalue weighted by atomic mass is 16.1. The number of hydrogen-bond donors (Lipinski definition) is 2. The Labute approximate surface area is 86.3 Å². The Morgan fingerprint density at radius 1 is 1.40 bits per heavy atom. The maximum Gasteiger partial charge on any atom is 0.261 e. The average Bonchev–Trinajstić information content (AvgIpc) is 2.23. The molecule has 0 saturated heterocycles. The maximum absolute atomic E-state index is 11.9. The first-order valence-corrected chi connectivity index (χ1v) is 4.67. The molecule has 2 rings (SSSR count). The van der Waals surface area contributed by atoms with Gasteiger partial charge in [0, 0.05) is 18.8 Å². The highest BCUT2D eigenvalue weighted by molar-refractivity contribution is 5.80. The van der Waals surface area contributed by atoms with Crippen molar-refractivity contribution in [3.63, 3.8) is 0 Å². The van der Waals surface area contributed by atoms with Crippen LogP contribution < -0.4 is 17.0 Å². The summed E-state index contributed by atoms with van der Waals surface area (Å²) in [6.07, 6.45) is 1.51. The van der Waals surface area contributed by atoms with Crippen molar-refractivity contribution in [2.45, 2.75) is 6.54 Å². The third-order valence-corrected chi connectivity index (χ3v) is 2.22. The molecular formula is C10H12N4O. The number of hydrogen-bond acceptors (Lipinski definition) is 4. The number of benzene rings is 1. The van der Waals surface area contributed by atoms with Crippen LogP contribution >= 0.6 is 0 Å². The molecule has 1 aromatic heterocycles. The van der Waals surface area contributed by atoms with Crippen LogP contribution in [0.2, 0.25) is 0 Å². The number of rotatable bonds is 2. The minimum absolute atomic E-state index is 0.0993. The second-order valence-electron chi connectivity index (χ2n) is 3.31. The zero-order valence-electron chi connectivity index (χ0n) is 8.18. The molecule has 0 fully saturated rings. The van der Waals surface area contributed by atoms with E-state index in [0.717, 1.165) is 0 Å². The van der Waals surface area contributed by atoms with E-state index in [4.69, 9.17) is 11.5 Å². The van der Waals surface area contributed by atoms with Gasteiger partial charge in [-0.25, -0.2) is 4.98 Å². The molecule has 0 aliphatic heterocycles. The predicted octanol–water partition coefficient (Wildman–Crippen LogP) is -0.0626. The van der Waals surface area contributed by atoms with Crippen LogP contribution in [0.25, 0.3) is 10.9 Å². The lowest BCUT2D eigenvalue weighted by atomic mass is 10.2. The van der Waals surface area contributed by atoms with Gasteiger partial charge in [0.2, 0.25) is 0 Å². The summed E-state index contributed by atoms with van der Waals surface area (Å²) in [4.78, 5) is 16.0. The van der Waals surface area contributed by atoms with Gasteiger partial charge in [-0.2, -0.15) is 0 Å². The van der Waals surface area contributed by atoms with Crippen molar-refractivity contribution in [1.29, 1.82) is 0 Å². The molecule has 5 heteroatoms. The van der Waals surface area contributed by atoms with Crippen molar-refractivity contribution in [2.24, 2.45) is 5.73 Å². The fourth-order valence-corrected chi connectivity index (χ4v) is 1.47. The number of aromatic nitrogens is 2. The van der Waals surface area contributed by atoms with Crippen LogP contribution in [-0.2, 0) is 6.54 Å². The minimum atomic E-state index is -0.0993. The first-order valence-electron chi connectivity index (χ1n) is 4.67. The molecule has 1 heterocycles. The van der Waals surface area contributed by atoms with E-state index in [0.29, 0.717) is 29.7 Å². The van der Waals surface area contributed by atoms with Crippen molar-refractivity contribution in [2.75, 3.05) is 12.3 Å². The number of nitrogens with two attached hydrogens (primary N) is 2. The van der Waals surface area contributed by atoms with E-state index in [1.54, 1.807) is 18.2 Å². The molecule has 78 valence electrons. The molecule has 1 aromatic carbocycles. The van der Waals surface area contributed by atoms with E-state index < -0.39 is 0 Å². The molecule has 0 bridgehead atoms. The van der Waals surface area contributed by atoms with Crippen molar-refractivity contribution < 1.29 is 0 Å². The molecule has 0 aliphatic carbocycles. The summed E-state index contributed by atoms with van der Waals surface area (Å²) in [7, 11) is 0. The molecule has 0 unspecified atom stereocenters. The van der Waals surface area contributed by atoms with Crippen LogP contribution in [0.15, 0.2) is 29.3 Å². The first kappa shape index (κ1) is 9.67. The van der Waals surface area contributed by atoms with Gasteiger partial charge in [-0.05, 0) is 18.2 Å². The van der Waals surface area contributed by atoms with Gasteiger partial charge in [0.15, 0.2) is 0 Å². The van der Waals surface area contributed by atoms with E-state index in [9.17, 15) is 4.79 Å². The van der Waals surface area contributed by atoms with Gasteiger partial charge < -0.3 is 11.5 Å². The number of anilines is 1. The van der Waals surface area contributed by atoms with Crippen LogP contribution in [0.4, 0.5) is 5.69 Å². The summed E-state index contributed by atoms with van der Waals surface area (Å²) in [5.74, 6) is 0. The van der Waals surface area contributed by atoms with Crippen molar-refractivity contribution in [1.82, 2.24) is 9.55 Å². The van der Waals surface area contributed by atoms with Crippen molar-refractivity contribution in [3.8, 4) is 0 Å². The highest BCUT2D eigenvalue weighted by Crippen LogP contribution is 2.10. The zero-order chi connectivity index (χ0) is 10.8. The van der Waals surface area contributed by atoms with Gasteiger partial charge in [-0.15, -0.1) is 0 Å². The summed E-state index contributed by atoms with van der Waals surface area (Å²) in [6, 6.07) is 5.10. The number of fused-ring (bicyclic) bond motifs is 1. The van der Waals surface area contributed by atoms with E-state index in [2.05, 4.69) is 4.98 Å². The Balaban J connectivity index is 2.71. The summed E-state index contributed by atoms with van der Waals surface area (Å²) in [5.41, 5.74) is 12.1. The summed E-state index contributed by atoms with van der Waals surface area (Å²) < 4.78 is 1.49. The second kappa shape index (κ2) is 3.70. The van der Waals surface area contributed by atoms with Crippen molar-refractivity contribution in [3.05, 3.63) is 34.9 Å². The SMILES string of the molecule is NCCn1cnc2ccc(N)cc2c1=O. The zero-order valence-corrected chi connectivity index (χ0v) is 8.18. The lowest BCUT2D eigenvalue weighted by Crippen LogP contribution is -2.24. The van der Waals surface area contributed by atoms with Crippen LogP contribution in [0.1, 0.15) is 0 Å². The third-order valence-electron chi connectivity index (χ3n) is 2.22. The summed E-state index contributed by atoms with van der Waals surface area (Å²) in [6.45, 7) is 0.881. The summed E-state index contributed by atoms with van der Waals surface area (Å²) in [5, 5.41) is 0.533. The number of nitrogens with zero attached hydrogens (tertiary/aromatic N) is 2. The summed E-state index contributed by atoms with van der Waals surface area (Å²) >= 11 is 0. The molecule has 0 atom stereocenters. The van der Waals surface area contributed by atoms with Gasteiger partial charge in [0.05, 0.1) is 17.2 Å². The van der Waals surface area contributed by atoms with E-state index in [-0.39, 0.29) is 5.56 Å². The quantitative estimate of drug-likeness (QED) is 0.671. The van der Waals surface area contributed by atoms with Crippen molar-refractivity contribution >= 4 is 16.6 Å². The number of nitrogen functional groups attached to an aromatic ring is 1. The lowest BCUT2D eigenvalue weighted by molar-refractivity contribution is 0.674. The molecular weight excluding hydrogens is 192 g/mol. The molecule has 0 spiro atoms. The normalized spacial score (nSPS) is 10.7. The Bertz CT molecular complexity index is 547. The lowest BCUT2D eigenvalue weighted by Gasteiger charge is -2.04. The Kier molecular flexibility index (Phi) is 2.39. The molecule has 0 amide bonds. The van der Waals surface area contributed by atoms with Gasteiger partial charge in [0.1, 0.15) is 0 Å². The average molecular weight is 204 g/mol. The molecule has 2 aromatic rings. The molecule has 0 radical (unpaired) electrons. The largest absolute Gasteiger partial charge is 0.399 e. The molecule has 4 N–H and O–H groups in total. The Morgan fingerprint density at radius 2 is 2.20 bits per heavy atom. The second-order valence-corrected chi connectivity index (χ2v) is 3.31. The van der Waals surface area contributed by atoms with Crippen LogP contribution in [0, 0.1) is 0 Å². The highest BCUT2D eigenvalue weighted by Gasteiger charge is 2.03. The molecule has 15 heavy (non-hydrogen) atoms. The van der Waals surface area contributed by atoms with Gasteiger partial charge in [-0.1, -0.05) is 0 Å². The van der Waals surface area contributed by atoms with Crippen LogP contribution in [0.5, 0.6) is 0 Å². The van der Waals surface area contributed by atoms with Gasteiger partial charge >= 0.3 is 0 Å². The van der Waals surface area contributed by atoms with E-state index in [1.807, 2.05) is 0 Å². The predicted molar refractivity (Wildman–Crippen MR) is 59.5 cm³/mol. The fourth-order valence-electron chi connectivity index (χ4n) is 1.47. The fraction of sp³-hybridized carbons (Fsp3) is 0.200. The molecule has 5 nitrogen and oxygen atoms in total. The molecule has 0 aliphatic rings. The van der Waals surface area contributed by atoms with Crippen LogP contribution in [-0.4, -0.2) is 16.1 Å². The first-order chi connectivity index (χ1) is 7.22. The van der Waals surface area contributed by atoms with E-state index in [1.165, 1.54) is 10.9 Å². The smallest absolute Gasteiger partial charge is 0.261 e. The Hall–Kier alpha value is -1.88. The molecule has 0 saturated carbocycles. The third kappa shape index (κ3) is 1.69. The minimum Gasteiger partial charge on any atom is -0.399 e. The van der Waals surface area contributed by atoms with E-state index >= 15 is 0 Å².